The number of nitrogens with one attached hydrogen (secondary N) is 2. The molecule has 0 fully saturated rings. The van der Waals surface area contributed by atoms with Crippen molar-refractivity contribution >= 4 is 11.7 Å². The van der Waals surface area contributed by atoms with Crippen LogP contribution < -0.4 is 10.6 Å². The summed E-state index contributed by atoms with van der Waals surface area (Å²) in [6.07, 6.45) is -0.655. The Labute approximate surface area is 103 Å². The van der Waals surface area contributed by atoms with E-state index in [0.29, 0.717) is 6.54 Å². The maximum Gasteiger partial charge on any atom is 0.255 e. The zero-order valence-electron chi connectivity index (χ0n) is 9.84. The summed E-state index contributed by atoms with van der Waals surface area (Å²) < 4.78 is 37.6. The summed E-state index contributed by atoms with van der Waals surface area (Å²) in [5.74, 6) is -1.77. The van der Waals surface area contributed by atoms with Crippen LogP contribution in [0.25, 0.3) is 0 Å². The number of aromatic nitrogens is 1. The summed E-state index contributed by atoms with van der Waals surface area (Å²) >= 11 is 0. The third kappa shape index (κ3) is 3.90. The second-order valence-corrected chi connectivity index (χ2v) is 3.55. The fourth-order valence-corrected chi connectivity index (χ4v) is 1.25. The van der Waals surface area contributed by atoms with Gasteiger partial charge in [0.1, 0.15) is 0 Å². The SMILES string of the molecule is CCCNc1nccc(C(=O)NCC(F)F)c1F. The van der Waals surface area contributed by atoms with Crippen molar-refractivity contribution < 1.29 is 18.0 Å². The highest BCUT2D eigenvalue weighted by atomic mass is 19.3. The molecule has 1 rings (SSSR count). The lowest BCUT2D eigenvalue weighted by atomic mass is 10.2. The molecular weight excluding hydrogens is 247 g/mol. The van der Waals surface area contributed by atoms with Gasteiger partial charge in [0.15, 0.2) is 11.6 Å². The van der Waals surface area contributed by atoms with E-state index < -0.39 is 24.7 Å². The molecule has 1 amide bonds. The van der Waals surface area contributed by atoms with Crippen molar-refractivity contribution in [1.29, 1.82) is 0 Å². The number of halogens is 3. The van der Waals surface area contributed by atoms with E-state index in [-0.39, 0.29) is 11.4 Å². The van der Waals surface area contributed by atoms with Crippen LogP contribution in [0.15, 0.2) is 12.3 Å². The monoisotopic (exact) mass is 261 g/mol. The number of amides is 1. The van der Waals surface area contributed by atoms with E-state index >= 15 is 0 Å². The van der Waals surface area contributed by atoms with Gasteiger partial charge in [0, 0.05) is 12.7 Å². The first-order valence-electron chi connectivity index (χ1n) is 5.51. The van der Waals surface area contributed by atoms with Crippen LogP contribution in [-0.2, 0) is 0 Å². The molecule has 0 radical (unpaired) electrons. The van der Waals surface area contributed by atoms with Crippen molar-refractivity contribution in [3.63, 3.8) is 0 Å². The van der Waals surface area contributed by atoms with Gasteiger partial charge in [-0.25, -0.2) is 18.2 Å². The first-order chi connectivity index (χ1) is 8.56. The van der Waals surface area contributed by atoms with Crippen LogP contribution in [-0.4, -0.2) is 30.4 Å². The van der Waals surface area contributed by atoms with E-state index in [2.05, 4.69) is 10.3 Å². The van der Waals surface area contributed by atoms with Gasteiger partial charge < -0.3 is 10.6 Å². The van der Waals surface area contributed by atoms with E-state index in [1.165, 1.54) is 6.20 Å². The summed E-state index contributed by atoms with van der Waals surface area (Å²) in [7, 11) is 0. The smallest absolute Gasteiger partial charge is 0.255 e. The molecule has 0 saturated heterocycles. The summed E-state index contributed by atoms with van der Waals surface area (Å²) in [6.45, 7) is 1.59. The lowest BCUT2D eigenvalue weighted by Crippen LogP contribution is -2.29. The zero-order valence-corrected chi connectivity index (χ0v) is 9.84. The van der Waals surface area contributed by atoms with Crippen LogP contribution in [0.3, 0.4) is 0 Å². The Hall–Kier alpha value is -1.79. The van der Waals surface area contributed by atoms with E-state index in [9.17, 15) is 18.0 Å². The van der Waals surface area contributed by atoms with E-state index in [1.807, 2.05) is 12.2 Å². The molecule has 0 unspecified atom stereocenters. The number of carbonyl (C=O) groups excluding carboxylic acids is 1. The van der Waals surface area contributed by atoms with E-state index in [1.54, 1.807) is 0 Å². The Balaban J connectivity index is 2.79. The Morgan fingerprint density at radius 1 is 1.50 bits per heavy atom. The quantitative estimate of drug-likeness (QED) is 0.824. The normalized spacial score (nSPS) is 10.5. The molecule has 0 spiro atoms. The molecule has 0 atom stereocenters. The molecule has 18 heavy (non-hydrogen) atoms. The van der Waals surface area contributed by atoms with E-state index in [0.717, 1.165) is 12.5 Å². The molecule has 0 aliphatic heterocycles. The van der Waals surface area contributed by atoms with Crippen molar-refractivity contribution in [1.82, 2.24) is 10.3 Å². The summed E-state index contributed by atoms with van der Waals surface area (Å²) in [6, 6.07) is 1.15. The number of carbonyl (C=O) groups is 1. The van der Waals surface area contributed by atoms with Gasteiger partial charge in [-0.15, -0.1) is 0 Å². The highest BCUT2D eigenvalue weighted by Gasteiger charge is 2.16. The Morgan fingerprint density at radius 3 is 2.83 bits per heavy atom. The predicted molar refractivity (Wildman–Crippen MR) is 61.3 cm³/mol. The fraction of sp³-hybridized carbons (Fsp3) is 0.455. The standard InChI is InChI=1S/C11H14F3N3O/c1-2-4-15-10-9(14)7(3-5-16-10)11(18)17-6-8(12)13/h3,5,8H,2,4,6H2,1H3,(H,15,16)(H,17,18). The van der Waals surface area contributed by atoms with Gasteiger partial charge in [-0.05, 0) is 12.5 Å². The molecule has 0 aromatic carbocycles. The Morgan fingerprint density at radius 2 is 2.22 bits per heavy atom. The molecule has 1 aromatic heterocycles. The lowest BCUT2D eigenvalue weighted by Gasteiger charge is -2.09. The minimum Gasteiger partial charge on any atom is -0.368 e. The maximum atomic E-state index is 13.8. The number of anilines is 1. The second kappa shape index (κ2) is 6.83. The third-order valence-electron chi connectivity index (χ3n) is 2.09. The third-order valence-corrected chi connectivity index (χ3v) is 2.09. The zero-order chi connectivity index (χ0) is 13.5. The van der Waals surface area contributed by atoms with Crippen LogP contribution in [0.1, 0.15) is 23.7 Å². The fourth-order valence-electron chi connectivity index (χ4n) is 1.25. The summed E-state index contributed by atoms with van der Waals surface area (Å²) in [5, 5.41) is 4.65. The number of nitrogens with zero attached hydrogens (tertiary/aromatic N) is 1. The molecule has 100 valence electrons. The highest BCUT2D eigenvalue weighted by molar-refractivity contribution is 5.95. The largest absolute Gasteiger partial charge is 0.368 e. The van der Waals surface area contributed by atoms with Crippen molar-refractivity contribution in [2.75, 3.05) is 18.4 Å². The van der Waals surface area contributed by atoms with Crippen molar-refractivity contribution in [2.45, 2.75) is 19.8 Å². The molecular formula is C11H14F3N3O. The van der Waals surface area contributed by atoms with Gasteiger partial charge in [-0.2, -0.15) is 0 Å². The number of pyridine rings is 1. The first kappa shape index (κ1) is 14.3. The van der Waals surface area contributed by atoms with Gasteiger partial charge in [-0.3, -0.25) is 4.79 Å². The molecule has 0 bridgehead atoms. The average Bonchev–Trinajstić information content (AvgIpc) is 2.34. The Bertz CT molecular complexity index is 413. The molecule has 7 heteroatoms. The van der Waals surface area contributed by atoms with Crippen LogP contribution in [0, 0.1) is 5.82 Å². The highest BCUT2D eigenvalue weighted by Crippen LogP contribution is 2.14. The van der Waals surface area contributed by atoms with Crippen LogP contribution in [0.5, 0.6) is 0 Å². The second-order valence-electron chi connectivity index (χ2n) is 3.55. The first-order valence-corrected chi connectivity index (χ1v) is 5.51. The Kier molecular flexibility index (Phi) is 5.41. The molecule has 2 N–H and O–H groups in total. The molecule has 4 nitrogen and oxygen atoms in total. The lowest BCUT2D eigenvalue weighted by molar-refractivity contribution is 0.0887. The number of hydrogen-bond donors (Lipinski definition) is 2. The van der Waals surface area contributed by atoms with Crippen LogP contribution in [0.2, 0.25) is 0 Å². The van der Waals surface area contributed by atoms with Gasteiger partial charge in [-0.1, -0.05) is 6.92 Å². The predicted octanol–water partition coefficient (Wildman–Crippen LogP) is 2.04. The molecule has 1 heterocycles. The van der Waals surface area contributed by atoms with Gasteiger partial charge in [0.25, 0.3) is 12.3 Å². The molecule has 0 saturated carbocycles. The number of rotatable bonds is 6. The number of alkyl halides is 2. The summed E-state index contributed by atoms with van der Waals surface area (Å²) in [4.78, 5) is 15.2. The molecule has 0 aliphatic rings. The van der Waals surface area contributed by atoms with E-state index in [4.69, 9.17) is 0 Å². The van der Waals surface area contributed by atoms with Crippen molar-refractivity contribution in [2.24, 2.45) is 0 Å². The van der Waals surface area contributed by atoms with Crippen molar-refractivity contribution in [3.05, 3.63) is 23.6 Å². The van der Waals surface area contributed by atoms with Crippen LogP contribution >= 0.6 is 0 Å². The molecule has 0 aliphatic carbocycles. The summed E-state index contributed by atoms with van der Waals surface area (Å²) in [5.41, 5.74) is -0.302. The van der Waals surface area contributed by atoms with Crippen molar-refractivity contribution in [3.8, 4) is 0 Å². The minimum atomic E-state index is -2.67. The maximum absolute atomic E-state index is 13.8. The molecule has 1 aromatic rings. The van der Waals surface area contributed by atoms with Gasteiger partial charge in [0.2, 0.25) is 0 Å². The average molecular weight is 261 g/mol. The number of hydrogen-bond acceptors (Lipinski definition) is 3. The van der Waals surface area contributed by atoms with Gasteiger partial charge >= 0.3 is 0 Å². The minimum absolute atomic E-state index is 0.0541. The van der Waals surface area contributed by atoms with Gasteiger partial charge in [0.05, 0.1) is 12.1 Å². The topological polar surface area (TPSA) is 54.0 Å². The van der Waals surface area contributed by atoms with Crippen LogP contribution in [0.4, 0.5) is 19.0 Å².